The summed E-state index contributed by atoms with van der Waals surface area (Å²) in [6.45, 7) is 6.26. The Balaban J connectivity index is 0.00000132. The van der Waals surface area contributed by atoms with Gasteiger partial charge < -0.3 is 14.6 Å². The van der Waals surface area contributed by atoms with Crippen molar-refractivity contribution in [2.24, 2.45) is 0 Å². The van der Waals surface area contributed by atoms with Gasteiger partial charge in [-0.15, -0.1) is 24.8 Å². The number of nitrogens with zero attached hydrogens (tertiary/aromatic N) is 2. The van der Waals surface area contributed by atoms with Gasteiger partial charge in [-0.3, -0.25) is 4.79 Å². The molecule has 0 spiro atoms. The number of furan rings is 1. The van der Waals surface area contributed by atoms with Crippen molar-refractivity contribution < 1.29 is 9.21 Å². The maximum absolute atomic E-state index is 12.6. The maximum atomic E-state index is 12.6. The van der Waals surface area contributed by atoms with E-state index in [2.05, 4.69) is 17.2 Å². The summed E-state index contributed by atoms with van der Waals surface area (Å²) in [4.78, 5) is 19.0. The molecule has 0 radical (unpaired) electrons. The van der Waals surface area contributed by atoms with Gasteiger partial charge in [-0.05, 0) is 38.1 Å². The minimum Gasteiger partial charge on any atom is -0.463 e. The van der Waals surface area contributed by atoms with E-state index >= 15 is 0 Å². The molecular formula is C16H21Cl2N3O2. The molecule has 1 unspecified atom stereocenters. The maximum Gasteiger partial charge on any atom is 0.255 e. The van der Waals surface area contributed by atoms with Gasteiger partial charge in [0.2, 0.25) is 0 Å². The molecule has 2 aromatic rings. The molecule has 1 N–H and O–H groups in total. The number of halogens is 2. The fraction of sp³-hybridized carbons (Fsp3) is 0.375. The summed E-state index contributed by atoms with van der Waals surface area (Å²) >= 11 is 0. The van der Waals surface area contributed by atoms with E-state index in [-0.39, 0.29) is 30.7 Å². The van der Waals surface area contributed by atoms with E-state index in [9.17, 15) is 4.79 Å². The highest BCUT2D eigenvalue weighted by atomic mass is 35.5. The predicted octanol–water partition coefficient (Wildman–Crippen LogP) is 2.93. The Hall–Kier alpha value is -1.56. The zero-order valence-corrected chi connectivity index (χ0v) is 14.7. The Morgan fingerprint density at radius 3 is 2.74 bits per heavy atom. The number of pyridine rings is 1. The Morgan fingerprint density at radius 2 is 2.13 bits per heavy atom. The zero-order valence-electron chi connectivity index (χ0n) is 13.1. The fourth-order valence-corrected chi connectivity index (χ4v) is 2.64. The van der Waals surface area contributed by atoms with Crippen molar-refractivity contribution in [2.45, 2.75) is 19.9 Å². The third-order valence-electron chi connectivity index (χ3n) is 3.75. The van der Waals surface area contributed by atoms with Gasteiger partial charge in [-0.1, -0.05) is 0 Å². The number of aryl methyl sites for hydroxylation is 1. The number of aromatic nitrogens is 1. The van der Waals surface area contributed by atoms with Gasteiger partial charge in [0.05, 0.1) is 17.5 Å². The first-order chi connectivity index (χ1) is 10.1. The summed E-state index contributed by atoms with van der Waals surface area (Å²) in [6.07, 6.45) is 1.62. The predicted molar refractivity (Wildman–Crippen MR) is 94.5 cm³/mol. The van der Waals surface area contributed by atoms with Crippen molar-refractivity contribution in [3.8, 4) is 11.5 Å². The molecule has 1 aliphatic rings. The number of rotatable bonds is 2. The van der Waals surface area contributed by atoms with Gasteiger partial charge in [0, 0.05) is 25.7 Å². The van der Waals surface area contributed by atoms with E-state index < -0.39 is 0 Å². The van der Waals surface area contributed by atoms with E-state index in [4.69, 9.17) is 4.42 Å². The van der Waals surface area contributed by atoms with Gasteiger partial charge in [0.25, 0.3) is 5.91 Å². The fourth-order valence-electron chi connectivity index (χ4n) is 2.64. The molecular weight excluding hydrogens is 337 g/mol. The van der Waals surface area contributed by atoms with Crippen LogP contribution in [0, 0.1) is 6.92 Å². The summed E-state index contributed by atoms with van der Waals surface area (Å²) in [5.41, 5.74) is 2.15. The Kier molecular flexibility index (Phi) is 7.06. The van der Waals surface area contributed by atoms with Crippen LogP contribution in [0.5, 0.6) is 0 Å². The molecule has 1 amide bonds. The van der Waals surface area contributed by atoms with Gasteiger partial charge in [-0.25, -0.2) is 4.98 Å². The van der Waals surface area contributed by atoms with Crippen LogP contribution >= 0.6 is 24.8 Å². The third-order valence-corrected chi connectivity index (χ3v) is 3.75. The first-order valence-electron chi connectivity index (χ1n) is 7.19. The average molecular weight is 358 g/mol. The molecule has 0 aromatic carbocycles. The van der Waals surface area contributed by atoms with Gasteiger partial charge >= 0.3 is 0 Å². The number of hydrogen-bond acceptors (Lipinski definition) is 4. The van der Waals surface area contributed by atoms with E-state index in [1.165, 1.54) is 0 Å². The SMILES string of the molecule is Cc1nc(-c2ccco2)ccc1C(=O)N1CCNC(C)C1.Cl.Cl. The molecule has 3 heterocycles. The van der Waals surface area contributed by atoms with Crippen LogP contribution in [0.25, 0.3) is 11.5 Å². The Labute approximate surface area is 148 Å². The molecule has 23 heavy (non-hydrogen) atoms. The highest BCUT2D eigenvalue weighted by molar-refractivity contribution is 5.95. The number of hydrogen-bond donors (Lipinski definition) is 1. The highest BCUT2D eigenvalue weighted by Gasteiger charge is 2.23. The Bertz CT molecular complexity index is 647. The first-order valence-corrected chi connectivity index (χ1v) is 7.19. The lowest BCUT2D eigenvalue weighted by Crippen LogP contribution is -2.51. The lowest BCUT2D eigenvalue weighted by atomic mass is 10.1. The van der Waals surface area contributed by atoms with Crippen LogP contribution in [0.4, 0.5) is 0 Å². The largest absolute Gasteiger partial charge is 0.463 e. The second-order valence-electron chi connectivity index (χ2n) is 5.41. The Morgan fingerprint density at radius 1 is 1.35 bits per heavy atom. The van der Waals surface area contributed by atoms with Crippen molar-refractivity contribution in [3.63, 3.8) is 0 Å². The van der Waals surface area contributed by atoms with Crippen LogP contribution in [0.1, 0.15) is 23.0 Å². The minimum atomic E-state index is 0. The number of piperazine rings is 1. The van der Waals surface area contributed by atoms with Crippen LogP contribution in [-0.2, 0) is 0 Å². The molecule has 3 rings (SSSR count). The monoisotopic (exact) mass is 357 g/mol. The summed E-state index contributed by atoms with van der Waals surface area (Å²) in [7, 11) is 0. The van der Waals surface area contributed by atoms with Gasteiger partial charge in [0.1, 0.15) is 5.69 Å². The first kappa shape index (κ1) is 19.5. The zero-order chi connectivity index (χ0) is 14.8. The molecule has 2 aromatic heterocycles. The third kappa shape index (κ3) is 4.25. The van der Waals surface area contributed by atoms with Crippen LogP contribution in [0.3, 0.4) is 0 Å². The summed E-state index contributed by atoms with van der Waals surface area (Å²) in [6, 6.07) is 7.70. The minimum absolute atomic E-state index is 0. The van der Waals surface area contributed by atoms with Crippen LogP contribution in [0.2, 0.25) is 0 Å². The van der Waals surface area contributed by atoms with Crippen molar-refractivity contribution in [1.82, 2.24) is 15.2 Å². The molecule has 5 nitrogen and oxygen atoms in total. The van der Waals surface area contributed by atoms with E-state index in [0.29, 0.717) is 17.4 Å². The molecule has 1 saturated heterocycles. The standard InChI is InChI=1S/C16H19N3O2.2ClH/c1-11-10-19(8-7-17-11)16(20)13-5-6-14(18-12(13)2)15-4-3-9-21-15;;/h3-6,9,11,17H,7-8,10H2,1-2H3;2*1H. The molecule has 1 atom stereocenters. The molecule has 0 saturated carbocycles. The summed E-state index contributed by atoms with van der Waals surface area (Å²) < 4.78 is 5.34. The lowest BCUT2D eigenvalue weighted by Gasteiger charge is -2.32. The van der Waals surface area contributed by atoms with Crippen molar-refractivity contribution >= 4 is 30.7 Å². The van der Waals surface area contributed by atoms with Crippen molar-refractivity contribution in [1.29, 1.82) is 0 Å². The topological polar surface area (TPSA) is 58.4 Å². The van der Waals surface area contributed by atoms with Crippen LogP contribution < -0.4 is 5.32 Å². The summed E-state index contributed by atoms with van der Waals surface area (Å²) in [5.74, 6) is 0.771. The molecule has 1 aliphatic heterocycles. The smallest absolute Gasteiger partial charge is 0.255 e. The number of nitrogens with one attached hydrogen (secondary N) is 1. The molecule has 0 aliphatic carbocycles. The highest BCUT2D eigenvalue weighted by Crippen LogP contribution is 2.20. The van der Waals surface area contributed by atoms with Crippen molar-refractivity contribution in [2.75, 3.05) is 19.6 Å². The van der Waals surface area contributed by atoms with E-state index in [1.54, 1.807) is 6.26 Å². The van der Waals surface area contributed by atoms with Crippen molar-refractivity contribution in [3.05, 3.63) is 41.8 Å². The molecule has 126 valence electrons. The molecule has 0 bridgehead atoms. The van der Waals surface area contributed by atoms with Crippen LogP contribution in [0.15, 0.2) is 34.9 Å². The lowest BCUT2D eigenvalue weighted by molar-refractivity contribution is 0.0708. The quantitative estimate of drug-likeness (QED) is 0.897. The number of carbonyl (C=O) groups excluding carboxylic acids is 1. The van der Waals surface area contributed by atoms with E-state index in [1.807, 2.05) is 36.1 Å². The van der Waals surface area contributed by atoms with Crippen LogP contribution in [-0.4, -0.2) is 41.5 Å². The second kappa shape index (κ2) is 8.34. The summed E-state index contributed by atoms with van der Waals surface area (Å²) in [5, 5.41) is 3.34. The second-order valence-corrected chi connectivity index (χ2v) is 5.41. The average Bonchev–Trinajstić information content (AvgIpc) is 3.00. The number of amides is 1. The van der Waals surface area contributed by atoms with Gasteiger partial charge in [-0.2, -0.15) is 0 Å². The normalized spacial score (nSPS) is 17.1. The van der Waals surface area contributed by atoms with E-state index in [0.717, 1.165) is 31.0 Å². The number of carbonyl (C=O) groups is 1. The molecule has 7 heteroatoms. The van der Waals surface area contributed by atoms with Gasteiger partial charge in [0.15, 0.2) is 5.76 Å². The molecule has 1 fully saturated rings.